The number of carboxylic acid groups (broad SMARTS) is 2. The highest BCUT2D eigenvalue weighted by atomic mass is 16.4. The lowest BCUT2D eigenvalue weighted by Gasteiger charge is -2.15. The molecule has 0 bridgehead atoms. The van der Waals surface area contributed by atoms with Crippen molar-refractivity contribution < 1.29 is 19.8 Å². The Balaban J connectivity index is 0. The van der Waals surface area contributed by atoms with Crippen LogP contribution in [0.3, 0.4) is 0 Å². The highest BCUT2D eigenvalue weighted by Gasteiger charge is 2.12. The summed E-state index contributed by atoms with van der Waals surface area (Å²) in [5.41, 5.74) is 10.3. The minimum absolute atomic E-state index is 0.0231. The Kier molecular flexibility index (Phi) is 13.1. The predicted octanol–water partition coefficient (Wildman–Crippen LogP) is -0.450. The summed E-state index contributed by atoms with van der Waals surface area (Å²) in [6.07, 6.45) is -0.224. The van der Waals surface area contributed by atoms with Crippen molar-refractivity contribution in [2.45, 2.75) is 32.7 Å². The van der Waals surface area contributed by atoms with Crippen molar-refractivity contribution in [1.29, 1.82) is 0 Å². The fraction of sp³-hybridized carbons (Fsp3) is 0.818. The number of nitrogens with two attached hydrogens (primary N) is 2. The van der Waals surface area contributed by atoms with Crippen molar-refractivity contribution >= 4 is 11.9 Å². The molecule has 0 saturated heterocycles. The van der Waals surface area contributed by atoms with E-state index in [2.05, 4.69) is 18.7 Å². The van der Waals surface area contributed by atoms with Gasteiger partial charge in [0.15, 0.2) is 0 Å². The Bertz CT molecular complexity index is 232. The largest absolute Gasteiger partial charge is 0.481 e. The lowest BCUT2D eigenvalue weighted by molar-refractivity contribution is -0.139. The fourth-order valence-corrected chi connectivity index (χ4v) is 1.12. The summed E-state index contributed by atoms with van der Waals surface area (Å²) < 4.78 is 0. The highest BCUT2D eigenvalue weighted by Crippen LogP contribution is 1.93. The molecule has 0 aliphatic carbocycles. The quantitative estimate of drug-likeness (QED) is 0.466. The van der Waals surface area contributed by atoms with Crippen molar-refractivity contribution in [3.05, 3.63) is 0 Å². The first-order chi connectivity index (χ1) is 8.38. The summed E-state index contributed by atoms with van der Waals surface area (Å²) in [4.78, 5) is 22.2. The van der Waals surface area contributed by atoms with Crippen molar-refractivity contribution in [2.24, 2.45) is 11.5 Å². The topological polar surface area (TPSA) is 130 Å². The maximum absolute atomic E-state index is 9.99. The molecular formula is C11H25N3O4. The van der Waals surface area contributed by atoms with Gasteiger partial charge in [-0.2, -0.15) is 0 Å². The van der Waals surface area contributed by atoms with E-state index in [-0.39, 0.29) is 12.8 Å². The molecular weight excluding hydrogens is 238 g/mol. The van der Waals surface area contributed by atoms with Crippen molar-refractivity contribution in [1.82, 2.24) is 4.90 Å². The van der Waals surface area contributed by atoms with E-state index in [0.717, 1.165) is 26.2 Å². The first kappa shape index (κ1) is 19.2. The molecule has 0 fully saturated rings. The monoisotopic (exact) mass is 263 g/mol. The smallest absolute Gasteiger partial charge is 0.320 e. The molecule has 108 valence electrons. The molecule has 0 radical (unpaired) electrons. The third kappa shape index (κ3) is 12.9. The number of hydrogen-bond acceptors (Lipinski definition) is 5. The van der Waals surface area contributed by atoms with Gasteiger partial charge >= 0.3 is 11.9 Å². The zero-order valence-corrected chi connectivity index (χ0v) is 11.1. The first-order valence-electron chi connectivity index (χ1n) is 6.01. The molecule has 0 aromatic rings. The molecule has 0 saturated carbocycles. The number of hydrogen-bond donors (Lipinski definition) is 4. The number of aliphatic carboxylic acids is 2. The minimum Gasteiger partial charge on any atom is -0.481 e. The molecule has 0 rings (SSSR count). The van der Waals surface area contributed by atoms with E-state index in [1.807, 2.05) is 0 Å². The number of carboxylic acids is 2. The van der Waals surface area contributed by atoms with Crippen LogP contribution < -0.4 is 11.5 Å². The third-order valence-electron chi connectivity index (χ3n) is 2.33. The van der Waals surface area contributed by atoms with Crippen LogP contribution in [0.2, 0.25) is 0 Å². The van der Waals surface area contributed by atoms with Gasteiger partial charge in [-0.05, 0) is 19.5 Å². The van der Waals surface area contributed by atoms with Crippen LogP contribution in [0, 0.1) is 0 Å². The normalized spacial score (nSPS) is 11.6. The van der Waals surface area contributed by atoms with Gasteiger partial charge in [0.25, 0.3) is 0 Å². The van der Waals surface area contributed by atoms with Crippen molar-refractivity contribution in [2.75, 3.05) is 26.2 Å². The Morgan fingerprint density at radius 2 is 1.72 bits per heavy atom. The summed E-state index contributed by atoms with van der Waals surface area (Å²) in [5, 5.41) is 16.3. The number of nitrogens with zero attached hydrogens (tertiary/aromatic N) is 1. The van der Waals surface area contributed by atoms with Crippen LogP contribution >= 0.6 is 0 Å². The molecule has 0 aromatic carbocycles. The maximum Gasteiger partial charge on any atom is 0.320 e. The van der Waals surface area contributed by atoms with Gasteiger partial charge in [0.05, 0.1) is 0 Å². The second kappa shape index (κ2) is 12.3. The fourth-order valence-electron chi connectivity index (χ4n) is 1.12. The maximum atomic E-state index is 9.99. The molecule has 0 unspecified atom stereocenters. The average Bonchev–Trinajstić information content (AvgIpc) is 2.33. The van der Waals surface area contributed by atoms with Crippen LogP contribution in [0.4, 0.5) is 0 Å². The van der Waals surface area contributed by atoms with E-state index in [9.17, 15) is 9.59 Å². The van der Waals surface area contributed by atoms with Gasteiger partial charge in [-0.15, -0.1) is 0 Å². The first-order valence-corrected chi connectivity index (χ1v) is 6.01. The van der Waals surface area contributed by atoms with Crippen LogP contribution in [0.5, 0.6) is 0 Å². The van der Waals surface area contributed by atoms with Gasteiger partial charge < -0.3 is 26.6 Å². The summed E-state index contributed by atoms with van der Waals surface area (Å²) in [7, 11) is 0. The zero-order valence-electron chi connectivity index (χ0n) is 11.1. The van der Waals surface area contributed by atoms with Crippen LogP contribution in [0.25, 0.3) is 0 Å². The van der Waals surface area contributed by atoms with Gasteiger partial charge in [0, 0.05) is 19.5 Å². The molecule has 7 heteroatoms. The van der Waals surface area contributed by atoms with E-state index < -0.39 is 18.0 Å². The zero-order chi connectivity index (χ0) is 14.6. The molecule has 0 aliphatic rings. The number of carbonyl (C=O) groups is 2. The molecule has 18 heavy (non-hydrogen) atoms. The minimum atomic E-state index is -1.17. The Morgan fingerprint density at radius 1 is 1.22 bits per heavy atom. The van der Waals surface area contributed by atoms with Crippen LogP contribution in [0.1, 0.15) is 26.7 Å². The van der Waals surface area contributed by atoms with E-state index >= 15 is 0 Å². The number of likely N-dealkylation sites (N-methyl/N-ethyl adjacent to an activating group) is 1. The van der Waals surface area contributed by atoms with Gasteiger partial charge in [0.2, 0.25) is 0 Å². The molecule has 0 aromatic heterocycles. The lowest BCUT2D eigenvalue weighted by Crippen LogP contribution is -2.30. The Hall–Kier alpha value is -1.18. The second-order valence-electron chi connectivity index (χ2n) is 3.69. The molecule has 0 heterocycles. The number of rotatable bonds is 8. The molecule has 0 amide bonds. The van der Waals surface area contributed by atoms with Crippen LogP contribution in [-0.4, -0.2) is 59.3 Å². The standard InChI is InChI=1S/C6H16N2.C5H9NO4/c1-3-8(4-2)6-5-7;6-3(5(9)10)1-2-4(7)8/h3-7H2,1-2H3;3H,1-2,6H2,(H,7,8)(H,9,10)/t;3-/m.0/s1. The third-order valence-corrected chi connectivity index (χ3v) is 2.33. The predicted molar refractivity (Wildman–Crippen MR) is 69.3 cm³/mol. The Labute approximate surface area is 108 Å². The van der Waals surface area contributed by atoms with E-state index in [1.54, 1.807) is 0 Å². The van der Waals surface area contributed by atoms with Crippen molar-refractivity contribution in [3.8, 4) is 0 Å². The molecule has 0 spiro atoms. The molecule has 7 nitrogen and oxygen atoms in total. The van der Waals surface area contributed by atoms with Crippen LogP contribution in [-0.2, 0) is 9.59 Å². The summed E-state index contributed by atoms with van der Waals surface area (Å²) >= 11 is 0. The lowest BCUT2D eigenvalue weighted by atomic mass is 10.2. The van der Waals surface area contributed by atoms with Gasteiger partial charge in [0.1, 0.15) is 6.04 Å². The van der Waals surface area contributed by atoms with E-state index in [1.165, 1.54) is 0 Å². The highest BCUT2D eigenvalue weighted by molar-refractivity contribution is 5.74. The molecule has 0 aliphatic heterocycles. The van der Waals surface area contributed by atoms with E-state index in [0.29, 0.717) is 0 Å². The average molecular weight is 263 g/mol. The second-order valence-corrected chi connectivity index (χ2v) is 3.69. The van der Waals surface area contributed by atoms with Crippen LogP contribution in [0.15, 0.2) is 0 Å². The van der Waals surface area contributed by atoms with Gasteiger partial charge in [-0.3, -0.25) is 9.59 Å². The Morgan fingerprint density at radius 3 is 1.94 bits per heavy atom. The summed E-state index contributed by atoms with van der Waals surface area (Å²) in [5.74, 6) is -2.20. The van der Waals surface area contributed by atoms with Gasteiger partial charge in [-0.1, -0.05) is 13.8 Å². The summed E-state index contributed by atoms with van der Waals surface area (Å²) in [6, 6.07) is -1.06. The SMILES string of the molecule is CCN(CC)CCN.N[C@@H](CCC(=O)O)C(=O)O. The summed E-state index contributed by atoms with van der Waals surface area (Å²) in [6.45, 7) is 8.36. The van der Waals surface area contributed by atoms with E-state index in [4.69, 9.17) is 21.7 Å². The molecule has 6 N–H and O–H groups in total. The van der Waals surface area contributed by atoms with Gasteiger partial charge in [-0.25, -0.2) is 0 Å². The van der Waals surface area contributed by atoms with Crippen molar-refractivity contribution in [3.63, 3.8) is 0 Å². The molecule has 1 atom stereocenters.